The number of rotatable bonds is 7. The highest BCUT2D eigenvalue weighted by molar-refractivity contribution is 6.30. The SMILES string of the molecule is Cc1ccc(NC(=O)COC(=O)CCC(=O)NNC(=O)c2ccc(Cl)cc2)cc1. The molecule has 0 aliphatic heterocycles. The molecule has 2 aromatic carbocycles. The van der Waals surface area contributed by atoms with Crippen molar-refractivity contribution < 1.29 is 23.9 Å². The summed E-state index contributed by atoms with van der Waals surface area (Å²) in [4.78, 5) is 47.0. The third-order valence-electron chi connectivity index (χ3n) is 3.68. The van der Waals surface area contributed by atoms with E-state index in [4.69, 9.17) is 16.3 Å². The lowest BCUT2D eigenvalue weighted by molar-refractivity contribution is -0.148. The zero-order valence-electron chi connectivity index (χ0n) is 15.7. The second kappa shape index (κ2) is 10.8. The van der Waals surface area contributed by atoms with E-state index in [0.29, 0.717) is 16.3 Å². The summed E-state index contributed by atoms with van der Waals surface area (Å²) in [6.07, 6.45) is -0.445. The summed E-state index contributed by atoms with van der Waals surface area (Å²) >= 11 is 5.74. The van der Waals surface area contributed by atoms with E-state index < -0.39 is 30.3 Å². The number of benzene rings is 2. The molecule has 2 aromatic rings. The normalized spacial score (nSPS) is 10.0. The van der Waals surface area contributed by atoms with Gasteiger partial charge in [0, 0.05) is 22.7 Å². The number of carbonyl (C=O) groups is 4. The third-order valence-corrected chi connectivity index (χ3v) is 3.93. The van der Waals surface area contributed by atoms with E-state index in [0.717, 1.165) is 5.56 Å². The van der Waals surface area contributed by atoms with Gasteiger partial charge in [-0.05, 0) is 43.3 Å². The molecular formula is C20H20ClN3O5. The zero-order chi connectivity index (χ0) is 21.2. The van der Waals surface area contributed by atoms with E-state index in [1.54, 1.807) is 24.3 Å². The highest BCUT2D eigenvalue weighted by atomic mass is 35.5. The molecule has 0 unspecified atom stereocenters. The standard InChI is InChI=1S/C20H20ClN3O5/c1-13-2-8-16(9-3-13)22-18(26)12-29-19(27)11-10-17(25)23-24-20(28)14-4-6-15(21)7-5-14/h2-9H,10-12H2,1H3,(H,22,26)(H,23,25)(H,24,28). The van der Waals surface area contributed by atoms with E-state index in [9.17, 15) is 19.2 Å². The van der Waals surface area contributed by atoms with Crippen molar-refractivity contribution in [3.05, 3.63) is 64.7 Å². The summed E-state index contributed by atoms with van der Waals surface area (Å²) < 4.78 is 4.83. The molecule has 0 aliphatic rings. The fraction of sp³-hybridized carbons (Fsp3) is 0.200. The van der Waals surface area contributed by atoms with E-state index in [-0.39, 0.29) is 12.8 Å². The predicted octanol–water partition coefficient (Wildman–Crippen LogP) is 2.37. The maximum atomic E-state index is 11.8. The van der Waals surface area contributed by atoms with Gasteiger partial charge in [0.15, 0.2) is 6.61 Å². The number of nitrogens with one attached hydrogen (secondary N) is 3. The first-order valence-corrected chi connectivity index (χ1v) is 9.08. The van der Waals surface area contributed by atoms with Crippen molar-refractivity contribution in [3.8, 4) is 0 Å². The van der Waals surface area contributed by atoms with Gasteiger partial charge < -0.3 is 10.1 Å². The lowest BCUT2D eigenvalue weighted by Crippen LogP contribution is -2.41. The van der Waals surface area contributed by atoms with Crippen LogP contribution in [-0.4, -0.2) is 30.3 Å². The Bertz CT molecular complexity index is 882. The maximum absolute atomic E-state index is 11.8. The molecule has 2 rings (SSSR count). The topological polar surface area (TPSA) is 114 Å². The molecule has 0 heterocycles. The summed E-state index contributed by atoms with van der Waals surface area (Å²) in [5.74, 6) is -2.29. The quantitative estimate of drug-likeness (QED) is 0.472. The maximum Gasteiger partial charge on any atom is 0.306 e. The number of hydrogen-bond donors (Lipinski definition) is 3. The van der Waals surface area contributed by atoms with Crippen LogP contribution in [0.5, 0.6) is 0 Å². The molecule has 0 aromatic heterocycles. The minimum absolute atomic E-state index is 0.209. The third kappa shape index (κ3) is 8.02. The van der Waals surface area contributed by atoms with Gasteiger partial charge >= 0.3 is 5.97 Å². The van der Waals surface area contributed by atoms with E-state index in [1.807, 2.05) is 19.1 Å². The van der Waals surface area contributed by atoms with Crippen LogP contribution < -0.4 is 16.2 Å². The van der Waals surface area contributed by atoms with Crippen LogP contribution in [0.2, 0.25) is 5.02 Å². The highest BCUT2D eigenvalue weighted by Crippen LogP contribution is 2.09. The number of amides is 3. The van der Waals surface area contributed by atoms with Crippen molar-refractivity contribution in [3.63, 3.8) is 0 Å². The van der Waals surface area contributed by atoms with E-state index in [2.05, 4.69) is 16.2 Å². The van der Waals surface area contributed by atoms with Gasteiger partial charge in [0.2, 0.25) is 5.91 Å². The first kappa shape index (κ1) is 21.9. The summed E-state index contributed by atoms with van der Waals surface area (Å²) in [5, 5.41) is 3.07. The summed E-state index contributed by atoms with van der Waals surface area (Å²) in [6.45, 7) is 1.47. The molecule has 0 spiro atoms. The number of ether oxygens (including phenoxy) is 1. The Labute approximate surface area is 172 Å². The van der Waals surface area contributed by atoms with Crippen LogP contribution >= 0.6 is 11.6 Å². The Balaban J connectivity index is 1.63. The Morgan fingerprint density at radius 2 is 1.52 bits per heavy atom. The average Bonchev–Trinajstić information content (AvgIpc) is 2.71. The Morgan fingerprint density at radius 1 is 0.862 bits per heavy atom. The van der Waals surface area contributed by atoms with Gasteiger partial charge in [0.1, 0.15) is 0 Å². The molecule has 8 nitrogen and oxygen atoms in total. The summed E-state index contributed by atoms with van der Waals surface area (Å²) in [5.41, 5.74) is 6.38. The number of hydrogen-bond acceptors (Lipinski definition) is 5. The van der Waals surface area contributed by atoms with Crippen LogP contribution in [0.3, 0.4) is 0 Å². The second-order valence-electron chi connectivity index (χ2n) is 6.08. The van der Waals surface area contributed by atoms with Crippen molar-refractivity contribution in [1.29, 1.82) is 0 Å². The van der Waals surface area contributed by atoms with Crippen LogP contribution in [0.4, 0.5) is 5.69 Å². The molecule has 0 fully saturated rings. The summed E-state index contributed by atoms with van der Waals surface area (Å²) in [6, 6.07) is 13.2. The second-order valence-corrected chi connectivity index (χ2v) is 6.52. The van der Waals surface area contributed by atoms with Crippen LogP contribution in [0.1, 0.15) is 28.8 Å². The van der Waals surface area contributed by atoms with Gasteiger partial charge in [-0.2, -0.15) is 0 Å². The number of anilines is 1. The molecule has 0 saturated carbocycles. The molecule has 3 amide bonds. The minimum Gasteiger partial charge on any atom is -0.456 e. The molecule has 0 saturated heterocycles. The van der Waals surface area contributed by atoms with Crippen LogP contribution in [0.25, 0.3) is 0 Å². The summed E-state index contributed by atoms with van der Waals surface area (Å²) in [7, 11) is 0. The molecular weight excluding hydrogens is 398 g/mol. The van der Waals surface area contributed by atoms with Crippen molar-refractivity contribution in [1.82, 2.24) is 10.9 Å². The molecule has 0 atom stereocenters. The van der Waals surface area contributed by atoms with Crippen molar-refractivity contribution in [2.45, 2.75) is 19.8 Å². The van der Waals surface area contributed by atoms with Crippen molar-refractivity contribution in [2.24, 2.45) is 0 Å². The van der Waals surface area contributed by atoms with Crippen LogP contribution in [0.15, 0.2) is 48.5 Å². The molecule has 0 bridgehead atoms. The lowest BCUT2D eigenvalue weighted by atomic mass is 10.2. The van der Waals surface area contributed by atoms with Crippen LogP contribution in [0, 0.1) is 6.92 Å². The molecule has 9 heteroatoms. The molecule has 3 N–H and O–H groups in total. The Morgan fingerprint density at radius 3 is 2.17 bits per heavy atom. The smallest absolute Gasteiger partial charge is 0.306 e. The van der Waals surface area contributed by atoms with E-state index >= 15 is 0 Å². The van der Waals surface area contributed by atoms with Gasteiger partial charge in [0.25, 0.3) is 11.8 Å². The number of aryl methyl sites for hydroxylation is 1. The monoisotopic (exact) mass is 417 g/mol. The number of hydrazine groups is 1. The molecule has 0 radical (unpaired) electrons. The number of halogens is 1. The number of carbonyl (C=O) groups excluding carboxylic acids is 4. The first-order chi connectivity index (χ1) is 13.8. The lowest BCUT2D eigenvalue weighted by Gasteiger charge is -2.08. The number of esters is 1. The fourth-order valence-electron chi connectivity index (χ4n) is 2.13. The largest absolute Gasteiger partial charge is 0.456 e. The molecule has 29 heavy (non-hydrogen) atoms. The average molecular weight is 418 g/mol. The molecule has 152 valence electrons. The highest BCUT2D eigenvalue weighted by Gasteiger charge is 2.12. The van der Waals surface area contributed by atoms with Gasteiger partial charge in [-0.25, -0.2) is 0 Å². The van der Waals surface area contributed by atoms with Gasteiger partial charge in [-0.1, -0.05) is 29.3 Å². The Hall–Kier alpha value is -3.39. The van der Waals surface area contributed by atoms with Crippen LogP contribution in [-0.2, 0) is 19.1 Å². The van der Waals surface area contributed by atoms with Gasteiger partial charge in [-0.3, -0.25) is 30.0 Å². The van der Waals surface area contributed by atoms with Crippen molar-refractivity contribution >= 4 is 41.0 Å². The van der Waals surface area contributed by atoms with Gasteiger partial charge in [0.05, 0.1) is 6.42 Å². The zero-order valence-corrected chi connectivity index (χ0v) is 16.4. The van der Waals surface area contributed by atoms with E-state index in [1.165, 1.54) is 12.1 Å². The minimum atomic E-state index is -0.705. The molecule has 0 aliphatic carbocycles. The first-order valence-electron chi connectivity index (χ1n) is 8.70. The fourth-order valence-corrected chi connectivity index (χ4v) is 2.26. The van der Waals surface area contributed by atoms with Gasteiger partial charge in [-0.15, -0.1) is 0 Å². The Kier molecular flexibility index (Phi) is 8.17. The van der Waals surface area contributed by atoms with Crippen molar-refractivity contribution in [2.75, 3.05) is 11.9 Å². The predicted molar refractivity (Wildman–Crippen MR) is 107 cm³/mol.